The first-order valence-corrected chi connectivity index (χ1v) is 3.24. The van der Waals surface area contributed by atoms with E-state index in [1.54, 1.807) is 0 Å². The van der Waals surface area contributed by atoms with Crippen LogP contribution in [-0.2, 0) is 4.74 Å². The van der Waals surface area contributed by atoms with E-state index in [1.807, 2.05) is 6.92 Å². The quantitative estimate of drug-likeness (QED) is 0.529. The molecule has 1 aliphatic rings. The zero-order chi connectivity index (χ0) is 7.56. The first kappa shape index (κ1) is 7.06. The molecular weight excluding hydrogens is 126 g/mol. The van der Waals surface area contributed by atoms with Gasteiger partial charge in [-0.05, 0) is 12.5 Å². The summed E-state index contributed by atoms with van der Waals surface area (Å²) in [6.07, 6.45) is 0. The van der Waals surface area contributed by atoms with E-state index < -0.39 is 0 Å². The molecule has 1 aliphatic heterocycles. The van der Waals surface area contributed by atoms with Crippen molar-refractivity contribution in [2.24, 2.45) is 4.99 Å². The molecular formula is C8H11NO. The van der Waals surface area contributed by atoms with E-state index in [-0.39, 0.29) is 0 Å². The lowest BCUT2D eigenvalue weighted by molar-refractivity contribution is 0.348. The molecule has 0 saturated carbocycles. The minimum atomic E-state index is 0.660. The Balaban J connectivity index is 2.65. The molecule has 0 aromatic rings. The third-order valence-corrected chi connectivity index (χ3v) is 1.36. The van der Waals surface area contributed by atoms with Crippen LogP contribution in [-0.4, -0.2) is 19.0 Å². The molecule has 0 aromatic carbocycles. The normalized spacial score (nSPS) is 15.9. The van der Waals surface area contributed by atoms with Gasteiger partial charge in [0.05, 0.1) is 6.54 Å². The molecule has 2 nitrogen and oxygen atoms in total. The largest absolute Gasteiger partial charge is 0.476 e. The topological polar surface area (TPSA) is 21.6 Å². The molecule has 0 N–H and O–H groups in total. The van der Waals surface area contributed by atoms with Crippen molar-refractivity contribution in [3.8, 4) is 0 Å². The van der Waals surface area contributed by atoms with Gasteiger partial charge < -0.3 is 4.74 Å². The summed E-state index contributed by atoms with van der Waals surface area (Å²) >= 11 is 0. The molecule has 0 amide bonds. The first-order chi connectivity index (χ1) is 4.72. The predicted molar refractivity (Wildman–Crippen MR) is 42.2 cm³/mol. The van der Waals surface area contributed by atoms with Gasteiger partial charge in [-0.3, -0.25) is 0 Å². The Labute approximate surface area is 60.9 Å². The van der Waals surface area contributed by atoms with Crippen molar-refractivity contribution >= 4 is 5.90 Å². The van der Waals surface area contributed by atoms with Crippen LogP contribution in [0, 0.1) is 0 Å². The zero-order valence-electron chi connectivity index (χ0n) is 6.18. The standard InChI is InChI=1S/C8H11NO/c1-6(2)7(3)8-9-4-5-10-8/h1,3-5H2,2H3. The molecule has 0 aliphatic carbocycles. The van der Waals surface area contributed by atoms with Gasteiger partial charge in [-0.2, -0.15) is 0 Å². The molecule has 0 spiro atoms. The van der Waals surface area contributed by atoms with E-state index in [1.165, 1.54) is 0 Å². The van der Waals surface area contributed by atoms with E-state index in [0.29, 0.717) is 12.5 Å². The maximum absolute atomic E-state index is 5.17. The summed E-state index contributed by atoms with van der Waals surface area (Å²) in [4.78, 5) is 4.09. The maximum atomic E-state index is 5.17. The summed E-state index contributed by atoms with van der Waals surface area (Å²) in [6, 6.07) is 0. The van der Waals surface area contributed by atoms with Gasteiger partial charge in [-0.1, -0.05) is 13.2 Å². The van der Waals surface area contributed by atoms with Gasteiger partial charge in [0.15, 0.2) is 0 Å². The van der Waals surface area contributed by atoms with Gasteiger partial charge in [-0.15, -0.1) is 0 Å². The molecule has 10 heavy (non-hydrogen) atoms. The van der Waals surface area contributed by atoms with Crippen molar-refractivity contribution in [3.63, 3.8) is 0 Å². The SMILES string of the molecule is C=C(C)C(=C)C1=NCCO1. The predicted octanol–water partition coefficient (Wildman–Crippen LogP) is 1.55. The third kappa shape index (κ3) is 1.26. The van der Waals surface area contributed by atoms with Crippen LogP contribution in [0.25, 0.3) is 0 Å². The molecule has 2 heteroatoms. The van der Waals surface area contributed by atoms with Crippen LogP contribution in [0.4, 0.5) is 0 Å². The van der Waals surface area contributed by atoms with Crippen molar-refractivity contribution in [1.29, 1.82) is 0 Å². The van der Waals surface area contributed by atoms with Crippen molar-refractivity contribution in [3.05, 3.63) is 24.3 Å². The Bertz CT molecular complexity index is 203. The van der Waals surface area contributed by atoms with Crippen molar-refractivity contribution in [2.45, 2.75) is 6.92 Å². The van der Waals surface area contributed by atoms with E-state index in [4.69, 9.17) is 4.74 Å². The summed E-state index contributed by atoms with van der Waals surface area (Å²) in [5.41, 5.74) is 1.73. The Kier molecular flexibility index (Phi) is 1.90. The third-order valence-electron chi connectivity index (χ3n) is 1.36. The molecule has 0 radical (unpaired) electrons. The molecule has 0 saturated heterocycles. The van der Waals surface area contributed by atoms with Gasteiger partial charge in [-0.25, -0.2) is 4.99 Å². The number of nitrogens with zero attached hydrogens (tertiary/aromatic N) is 1. The van der Waals surface area contributed by atoms with Crippen molar-refractivity contribution < 1.29 is 4.74 Å². The van der Waals surface area contributed by atoms with E-state index in [9.17, 15) is 0 Å². The van der Waals surface area contributed by atoms with Crippen molar-refractivity contribution in [1.82, 2.24) is 0 Å². The Morgan fingerprint density at radius 3 is 2.70 bits per heavy atom. The summed E-state index contributed by atoms with van der Waals surface area (Å²) in [5, 5.41) is 0. The highest BCUT2D eigenvalue weighted by molar-refractivity contribution is 5.97. The van der Waals surface area contributed by atoms with Crippen LogP contribution >= 0.6 is 0 Å². The summed E-state index contributed by atoms with van der Waals surface area (Å²) in [7, 11) is 0. The monoisotopic (exact) mass is 137 g/mol. The molecule has 1 rings (SSSR count). The van der Waals surface area contributed by atoms with Crippen LogP contribution in [0.3, 0.4) is 0 Å². The Morgan fingerprint density at radius 1 is 1.60 bits per heavy atom. The molecule has 0 fully saturated rings. The lowest BCUT2D eigenvalue weighted by atomic mass is 10.1. The minimum absolute atomic E-state index is 0.660. The Hall–Kier alpha value is -1.05. The highest BCUT2D eigenvalue weighted by Crippen LogP contribution is 2.10. The average molecular weight is 137 g/mol. The molecule has 0 bridgehead atoms. The lowest BCUT2D eigenvalue weighted by Crippen LogP contribution is -2.02. The second kappa shape index (κ2) is 2.69. The summed E-state index contributed by atoms with van der Waals surface area (Å²) < 4.78 is 5.17. The number of ether oxygens (including phenoxy) is 1. The van der Waals surface area contributed by atoms with Gasteiger partial charge in [0.2, 0.25) is 5.90 Å². The van der Waals surface area contributed by atoms with Crippen LogP contribution in [0.5, 0.6) is 0 Å². The molecule has 54 valence electrons. The lowest BCUT2D eigenvalue weighted by Gasteiger charge is -2.02. The average Bonchev–Trinajstić information content (AvgIpc) is 2.36. The molecule has 1 heterocycles. The van der Waals surface area contributed by atoms with Gasteiger partial charge in [0.25, 0.3) is 0 Å². The summed E-state index contributed by atoms with van der Waals surface area (Å²) in [5.74, 6) is 0.660. The highest BCUT2D eigenvalue weighted by atomic mass is 16.5. The van der Waals surface area contributed by atoms with E-state index >= 15 is 0 Å². The highest BCUT2D eigenvalue weighted by Gasteiger charge is 2.10. The second-order valence-corrected chi connectivity index (χ2v) is 2.29. The number of hydrogen-bond acceptors (Lipinski definition) is 2. The fourth-order valence-electron chi connectivity index (χ4n) is 0.700. The van der Waals surface area contributed by atoms with Crippen LogP contribution in [0.1, 0.15) is 6.92 Å². The first-order valence-electron chi connectivity index (χ1n) is 3.24. The molecule has 0 unspecified atom stereocenters. The van der Waals surface area contributed by atoms with Crippen LogP contribution in [0.15, 0.2) is 29.3 Å². The fourth-order valence-corrected chi connectivity index (χ4v) is 0.700. The molecule has 0 atom stereocenters. The number of rotatable bonds is 2. The van der Waals surface area contributed by atoms with Crippen molar-refractivity contribution in [2.75, 3.05) is 13.2 Å². The maximum Gasteiger partial charge on any atom is 0.215 e. The number of aliphatic imine (C=N–C) groups is 1. The van der Waals surface area contributed by atoms with Gasteiger partial charge >= 0.3 is 0 Å². The fraction of sp³-hybridized carbons (Fsp3) is 0.375. The van der Waals surface area contributed by atoms with E-state index in [0.717, 1.165) is 17.7 Å². The minimum Gasteiger partial charge on any atom is -0.476 e. The zero-order valence-corrected chi connectivity index (χ0v) is 6.18. The van der Waals surface area contributed by atoms with Crippen LogP contribution < -0.4 is 0 Å². The Morgan fingerprint density at radius 2 is 2.30 bits per heavy atom. The van der Waals surface area contributed by atoms with E-state index in [2.05, 4.69) is 18.2 Å². The summed E-state index contributed by atoms with van der Waals surface area (Å²) in [6.45, 7) is 10.8. The number of hydrogen-bond donors (Lipinski definition) is 0. The molecule has 0 aromatic heterocycles. The second-order valence-electron chi connectivity index (χ2n) is 2.29. The smallest absolute Gasteiger partial charge is 0.215 e. The van der Waals surface area contributed by atoms with Gasteiger partial charge in [0, 0.05) is 5.57 Å². The van der Waals surface area contributed by atoms with Crippen LogP contribution in [0.2, 0.25) is 0 Å². The van der Waals surface area contributed by atoms with Gasteiger partial charge in [0.1, 0.15) is 6.61 Å².